The zero-order valence-electron chi connectivity index (χ0n) is 11.6. The SMILES string of the molecule is CCCCC(NS(=O)(=O)c1c(F)cc(C#N)cc1F)C(=O)O. The van der Waals surface area contributed by atoms with Crippen molar-refractivity contribution >= 4 is 16.0 Å². The predicted molar refractivity (Wildman–Crippen MR) is 72.3 cm³/mol. The van der Waals surface area contributed by atoms with Gasteiger partial charge >= 0.3 is 5.97 Å². The molecule has 0 radical (unpaired) electrons. The maximum absolute atomic E-state index is 13.7. The van der Waals surface area contributed by atoms with Crippen molar-refractivity contribution in [3.63, 3.8) is 0 Å². The Morgan fingerprint density at radius 1 is 1.41 bits per heavy atom. The van der Waals surface area contributed by atoms with Gasteiger partial charge in [-0.25, -0.2) is 17.2 Å². The minimum atomic E-state index is -4.71. The molecular weight excluding hydrogens is 318 g/mol. The summed E-state index contributed by atoms with van der Waals surface area (Å²) in [6.45, 7) is 1.79. The van der Waals surface area contributed by atoms with E-state index in [0.29, 0.717) is 25.0 Å². The fourth-order valence-corrected chi connectivity index (χ4v) is 3.11. The van der Waals surface area contributed by atoms with Crippen LogP contribution in [0.25, 0.3) is 0 Å². The Balaban J connectivity index is 3.19. The zero-order valence-corrected chi connectivity index (χ0v) is 12.5. The second-order valence-corrected chi connectivity index (χ2v) is 6.19. The second kappa shape index (κ2) is 7.29. The molecule has 9 heteroatoms. The van der Waals surface area contributed by atoms with E-state index < -0.39 is 38.6 Å². The van der Waals surface area contributed by atoms with Crippen molar-refractivity contribution in [1.82, 2.24) is 4.72 Å². The number of sulfonamides is 1. The van der Waals surface area contributed by atoms with Gasteiger partial charge in [0.1, 0.15) is 17.7 Å². The molecule has 0 saturated carbocycles. The number of nitrogens with one attached hydrogen (secondary N) is 1. The molecule has 2 N–H and O–H groups in total. The molecule has 0 aliphatic rings. The standard InChI is InChI=1S/C13H14F2N2O4S/c1-2-3-4-11(13(18)19)17-22(20,21)12-9(14)5-8(7-16)6-10(12)15/h5-6,11,17H,2-4H2,1H3,(H,18,19). The molecule has 0 bridgehead atoms. The number of nitriles is 1. The lowest BCUT2D eigenvalue weighted by atomic mass is 10.1. The molecule has 120 valence electrons. The predicted octanol–water partition coefficient (Wildman–Crippen LogP) is 1.76. The van der Waals surface area contributed by atoms with Gasteiger partial charge in [-0.1, -0.05) is 19.8 Å². The van der Waals surface area contributed by atoms with Crippen LogP contribution in [-0.4, -0.2) is 25.5 Å². The van der Waals surface area contributed by atoms with Crippen LogP contribution in [0.4, 0.5) is 8.78 Å². The summed E-state index contributed by atoms with van der Waals surface area (Å²) in [7, 11) is -4.71. The van der Waals surface area contributed by atoms with Gasteiger partial charge in [-0.3, -0.25) is 4.79 Å². The van der Waals surface area contributed by atoms with E-state index >= 15 is 0 Å². The molecule has 0 heterocycles. The first-order valence-electron chi connectivity index (χ1n) is 6.37. The van der Waals surface area contributed by atoms with Crippen LogP contribution < -0.4 is 4.72 Å². The van der Waals surface area contributed by atoms with E-state index in [2.05, 4.69) is 0 Å². The molecule has 6 nitrogen and oxygen atoms in total. The van der Waals surface area contributed by atoms with Crippen molar-refractivity contribution in [2.75, 3.05) is 0 Å². The molecule has 0 aliphatic carbocycles. The Morgan fingerprint density at radius 3 is 2.36 bits per heavy atom. The molecule has 1 aromatic rings. The van der Waals surface area contributed by atoms with E-state index in [1.807, 2.05) is 0 Å². The molecule has 1 rings (SSSR count). The molecular formula is C13H14F2N2O4S. The number of nitrogens with zero attached hydrogens (tertiary/aromatic N) is 1. The summed E-state index contributed by atoms with van der Waals surface area (Å²) in [6, 6.07) is 1.14. The Bertz CT molecular complexity index is 690. The van der Waals surface area contributed by atoms with Crippen LogP contribution in [0.1, 0.15) is 31.7 Å². The fourth-order valence-electron chi connectivity index (χ4n) is 1.77. The third-order valence-electron chi connectivity index (χ3n) is 2.84. The Morgan fingerprint density at radius 2 is 1.95 bits per heavy atom. The highest BCUT2D eigenvalue weighted by Crippen LogP contribution is 2.21. The van der Waals surface area contributed by atoms with Crippen LogP contribution in [0.2, 0.25) is 0 Å². The molecule has 0 spiro atoms. The van der Waals surface area contributed by atoms with E-state index in [9.17, 15) is 22.0 Å². The van der Waals surface area contributed by atoms with Gasteiger partial charge in [0.15, 0.2) is 4.90 Å². The number of rotatable bonds is 7. The van der Waals surface area contributed by atoms with Gasteiger partial charge in [0.25, 0.3) is 0 Å². The van der Waals surface area contributed by atoms with Crippen molar-refractivity contribution < 1.29 is 27.1 Å². The maximum atomic E-state index is 13.7. The molecule has 0 aromatic heterocycles. The van der Waals surface area contributed by atoms with Crippen LogP contribution in [-0.2, 0) is 14.8 Å². The largest absolute Gasteiger partial charge is 0.480 e. The molecule has 0 fully saturated rings. The van der Waals surface area contributed by atoms with E-state index in [1.54, 1.807) is 11.6 Å². The van der Waals surface area contributed by atoms with Gasteiger partial charge in [0.05, 0.1) is 11.6 Å². The average Bonchev–Trinajstić information content (AvgIpc) is 2.41. The number of carbonyl (C=O) groups is 1. The van der Waals surface area contributed by atoms with Gasteiger partial charge in [0, 0.05) is 0 Å². The molecule has 0 saturated heterocycles. The van der Waals surface area contributed by atoms with Gasteiger partial charge in [-0.15, -0.1) is 0 Å². The number of benzene rings is 1. The topological polar surface area (TPSA) is 107 Å². The third-order valence-corrected chi connectivity index (χ3v) is 4.36. The number of carboxylic acid groups (broad SMARTS) is 1. The monoisotopic (exact) mass is 332 g/mol. The fraction of sp³-hybridized carbons (Fsp3) is 0.385. The van der Waals surface area contributed by atoms with Crippen LogP contribution in [0.3, 0.4) is 0 Å². The third kappa shape index (κ3) is 4.22. The Hall–Kier alpha value is -2.05. The number of carboxylic acids is 1. The average molecular weight is 332 g/mol. The number of unbranched alkanes of at least 4 members (excludes halogenated alkanes) is 1. The summed E-state index contributed by atoms with van der Waals surface area (Å²) in [6.07, 6.45) is 1.05. The summed E-state index contributed by atoms with van der Waals surface area (Å²) in [5, 5.41) is 17.5. The zero-order chi connectivity index (χ0) is 16.9. The lowest BCUT2D eigenvalue weighted by molar-refractivity contribution is -0.139. The second-order valence-electron chi connectivity index (χ2n) is 4.54. The highest BCUT2D eigenvalue weighted by molar-refractivity contribution is 7.89. The van der Waals surface area contributed by atoms with E-state index in [1.165, 1.54) is 6.07 Å². The van der Waals surface area contributed by atoms with E-state index in [-0.39, 0.29) is 12.0 Å². The number of hydrogen-bond donors (Lipinski definition) is 2. The van der Waals surface area contributed by atoms with E-state index in [0.717, 1.165) is 0 Å². The first-order valence-corrected chi connectivity index (χ1v) is 7.85. The highest BCUT2D eigenvalue weighted by Gasteiger charge is 2.30. The van der Waals surface area contributed by atoms with Crippen molar-refractivity contribution in [1.29, 1.82) is 5.26 Å². The molecule has 0 amide bonds. The summed E-state index contributed by atoms with van der Waals surface area (Å²) in [4.78, 5) is 9.73. The first-order chi connectivity index (χ1) is 10.2. The Kier molecular flexibility index (Phi) is 5.96. The van der Waals surface area contributed by atoms with Crippen molar-refractivity contribution in [2.45, 2.75) is 37.1 Å². The van der Waals surface area contributed by atoms with Gasteiger partial charge < -0.3 is 5.11 Å². The minimum absolute atomic E-state index is 0.00934. The smallest absolute Gasteiger partial charge is 0.321 e. The molecule has 1 atom stereocenters. The Labute approximate surface area is 126 Å². The summed E-state index contributed by atoms with van der Waals surface area (Å²) < 4.78 is 53.3. The van der Waals surface area contributed by atoms with Crippen LogP contribution in [0.15, 0.2) is 17.0 Å². The summed E-state index contributed by atoms with van der Waals surface area (Å²) in [5.74, 6) is -4.35. The van der Waals surface area contributed by atoms with E-state index in [4.69, 9.17) is 10.4 Å². The molecule has 22 heavy (non-hydrogen) atoms. The van der Waals surface area contributed by atoms with Crippen LogP contribution in [0, 0.1) is 23.0 Å². The summed E-state index contributed by atoms with van der Waals surface area (Å²) in [5.41, 5.74) is -0.380. The lowest BCUT2D eigenvalue weighted by Gasteiger charge is -2.15. The van der Waals surface area contributed by atoms with Crippen molar-refractivity contribution in [2.24, 2.45) is 0 Å². The molecule has 1 aromatic carbocycles. The molecule has 1 unspecified atom stereocenters. The lowest BCUT2D eigenvalue weighted by Crippen LogP contribution is -2.41. The van der Waals surface area contributed by atoms with Crippen LogP contribution in [0.5, 0.6) is 0 Å². The quantitative estimate of drug-likeness (QED) is 0.791. The van der Waals surface area contributed by atoms with Crippen LogP contribution >= 0.6 is 0 Å². The van der Waals surface area contributed by atoms with Gasteiger partial charge in [0.2, 0.25) is 10.0 Å². The number of aliphatic carboxylic acids is 1. The van der Waals surface area contributed by atoms with Crippen molar-refractivity contribution in [3.8, 4) is 6.07 Å². The normalized spacial score (nSPS) is 12.6. The van der Waals surface area contributed by atoms with Gasteiger partial charge in [-0.2, -0.15) is 9.98 Å². The van der Waals surface area contributed by atoms with Gasteiger partial charge in [-0.05, 0) is 18.6 Å². The minimum Gasteiger partial charge on any atom is -0.480 e. The number of halogens is 2. The summed E-state index contributed by atoms with van der Waals surface area (Å²) >= 11 is 0. The first kappa shape index (κ1) is 18.0. The maximum Gasteiger partial charge on any atom is 0.321 e. The highest BCUT2D eigenvalue weighted by atomic mass is 32.2. The number of hydrogen-bond acceptors (Lipinski definition) is 4. The molecule has 0 aliphatic heterocycles. The van der Waals surface area contributed by atoms with Crippen molar-refractivity contribution in [3.05, 3.63) is 29.3 Å².